The van der Waals surface area contributed by atoms with Crippen LogP contribution in [0.1, 0.15) is 45.1 Å². The molecule has 0 saturated carbocycles. The molecule has 0 bridgehead atoms. The molecule has 1 aliphatic heterocycles. The zero-order valence-corrected chi connectivity index (χ0v) is 16.9. The Morgan fingerprint density at radius 2 is 1.92 bits per heavy atom. The summed E-state index contributed by atoms with van der Waals surface area (Å²) < 4.78 is 28.2. The predicted octanol–water partition coefficient (Wildman–Crippen LogP) is 2.79. The van der Waals surface area contributed by atoms with Gasteiger partial charge >= 0.3 is 0 Å². The number of ketones is 1. The standard InChI is InChI=1S/C17H23BrN2O4S/c1-12(21)6-4-3-5-8-19-25(23,24)17-11-16-14(10-15(17)18)7-9-20(16)13(2)22/h10-11,19H,3-9H2,1-2H3. The molecule has 0 atom stereocenters. The molecule has 1 aromatic rings. The smallest absolute Gasteiger partial charge is 0.241 e. The third kappa shape index (κ3) is 5.12. The monoisotopic (exact) mass is 430 g/mol. The second kappa shape index (κ2) is 8.42. The Bertz CT molecular complexity index is 777. The van der Waals surface area contributed by atoms with Crippen molar-refractivity contribution >= 4 is 43.3 Å². The van der Waals surface area contributed by atoms with Gasteiger partial charge in [0.2, 0.25) is 15.9 Å². The number of fused-ring (bicyclic) bond motifs is 1. The summed E-state index contributed by atoms with van der Waals surface area (Å²) in [6, 6.07) is 3.34. The highest BCUT2D eigenvalue weighted by Crippen LogP contribution is 2.35. The molecule has 1 heterocycles. The van der Waals surface area contributed by atoms with Crippen molar-refractivity contribution in [2.24, 2.45) is 0 Å². The molecule has 1 aromatic carbocycles. The zero-order valence-electron chi connectivity index (χ0n) is 14.5. The van der Waals surface area contributed by atoms with Gasteiger partial charge in [-0.1, -0.05) is 6.42 Å². The van der Waals surface area contributed by atoms with Crippen LogP contribution in [0.15, 0.2) is 21.5 Å². The average molecular weight is 431 g/mol. The van der Waals surface area contributed by atoms with E-state index in [4.69, 9.17) is 0 Å². The van der Waals surface area contributed by atoms with Crippen molar-refractivity contribution in [3.05, 3.63) is 22.2 Å². The Labute approximate surface area is 157 Å². The normalized spacial score (nSPS) is 13.8. The topological polar surface area (TPSA) is 83.6 Å². The van der Waals surface area contributed by atoms with Crippen molar-refractivity contribution in [3.8, 4) is 0 Å². The summed E-state index contributed by atoms with van der Waals surface area (Å²) in [5.41, 5.74) is 1.63. The van der Waals surface area contributed by atoms with Gasteiger partial charge in [0.05, 0.1) is 4.90 Å². The Balaban J connectivity index is 2.05. The lowest BCUT2D eigenvalue weighted by molar-refractivity contribution is -0.117. The van der Waals surface area contributed by atoms with E-state index < -0.39 is 10.0 Å². The lowest BCUT2D eigenvalue weighted by Gasteiger charge is -2.16. The molecule has 0 spiro atoms. The van der Waals surface area contributed by atoms with Crippen LogP contribution in [-0.4, -0.2) is 33.2 Å². The molecule has 138 valence electrons. The van der Waals surface area contributed by atoms with Crippen LogP contribution < -0.4 is 9.62 Å². The van der Waals surface area contributed by atoms with Gasteiger partial charge in [0.25, 0.3) is 0 Å². The number of hydrogen-bond acceptors (Lipinski definition) is 4. The van der Waals surface area contributed by atoms with Crippen LogP contribution in [-0.2, 0) is 26.0 Å². The first-order valence-corrected chi connectivity index (χ1v) is 10.6. The number of carbonyl (C=O) groups is 2. The lowest BCUT2D eigenvalue weighted by atomic mass is 10.1. The minimum atomic E-state index is -3.67. The lowest BCUT2D eigenvalue weighted by Crippen LogP contribution is -2.27. The highest BCUT2D eigenvalue weighted by atomic mass is 79.9. The van der Waals surface area contributed by atoms with Crippen LogP contribution in [0.25, 0.3) is 0 Å². The average Bonchev–Trinajstić information content (AvgIpc) is 2.92. The Kier molecular flexibility index (Phi) is 6.76. The molecule has 0 radical (unpaired) electrons. The molecule has 0 saturated heterocycles. The van der Waals surface area contributed by atoms with Gasteiger partial charge in [-0.3, -0.25) is 4.79 Å². The van der Waals surface area contributed by atoms with Crippen LogP contribution >= 0.6 is 15.9 Å². The minimum absolute atomic E-state index is 0.0946. The summed E-state index contributed by atoms with van der Waals surface area (Å²) in [7, 11) is -3.67. The summed E-state index contributed by atoms with van der Waals surface area (Å²) >= 11 is 3.33. The van der Waals surface area contributed by atoms with E-state index in [9.17, 15) is 18.0 Å². The highest BCUT2D eigenvalue weighted by molar-refractivity contribution is 9.10. The molecule has 1 N–H and O–H groups in total. The first kappa shape index (κ1) is 20.1. The molecule has 1 aliphatic rings. The molecule has 25 heavy (non-hydrogen) atoms. The minimum Gasteiger partial charge on any atom is -0.312 e. The Hall–Kier alpha value is -1.25. The predicted molar refractivity (Wildman–Crippen MR) is 100 cm³/mol. The fraction of sp³-hybridized carbons (Fsp3) is 0.529. The fourth-order valence-corrected chi connectivity index (χ4v) is 5.06. The first-order chi connectivity index (χ1) is 11.7. The zero-order chi connectivity index (χ0) is 18.6. The molecule has 6 nitrogen and oxygen atoms in total. The van der Waals surface area contributed by atoms with Gasteiger partial charge in [-0.15, -0.1) is 0 Å². The number of benzene rings is 1. The number of sulfonamides is 1. The van der Waals surface area contributed by atoms with Gasteiger partial charge in [0.15, 0.2) is 0 Å². The van der Waals surface area contributed by atoms with Gasteiger partial charge in [0, 0.05) is 36.6 Å². The summed E-state index contributed by atoms with van der Waals surface area (Å²) in [6.45, 7) is 3.92. The van der Waals surface area contributed by atoms with Crippen LogP contribution in [0.2, 0.25) is 0 Å². The number of halogens is 1. The molecule has 0 fully saturated rings. The molecule has 1 amide bonds. The summed E-state index contributed by atoms with van der Waals surface area (Å²) in [6.07, 6.45) is 3.49. The SMILES string of the molecule is CC(=O)CCCCCNS(=O)(=O)c1cc2c(cc1Br)CCN2C(C)=O. The van der Waals surface area contributed by atoms with E-state index in [-0.39, 0.29) is 16.6 Å². The number of carbonyl (C=O) groups excluding carboxylic acids is 2. The number of hydrogen-bond donors (Lipinski definition) is 1. The molecular weight excluding hydrogens is 408 g/mol. The van der Waals surface area contributed by atoms with E-state index in [1.54, 1.807) is 24.0 Å². The highest BCUT2D eigenvalue weighted by Gasteiger charge is 2.27. The Morgan fingerprint density at radius 1 is 1.20 bits per heavy atom. The first-order valence-electron chi connectivity index (χ1n) is 8.32. The van der Waals surface area contributed by atoms with E-state index in [0.29, 0.717) is 36.1 Å². The maximum absolute atomic E-state index is 12.6. The van der Waals surface area contributed by atoms with E-state index in [2.05, 4.69) is 20.7 Å². The largest absolute Gasteiger partial charge is 0.312 e. The number of nitrogens with zero attached hydrogens (tertiary/aromatic N) is 1. The molecule has 0 unspecified atom stereocenters. The molecule has 2 rings (SSSR count). The van der Waals surface area contributed by atoms with Crippen LogP contribution in [0.4, 0.5) is 5.69 Å². The van der Waals surface area contributed by atoms with E-state index in [1.807, 2.05) is 0 Å². The molecular formula is C17H23BrN2O4S. The van der Waals surface area contributed by atoms with Gasteiger partial charge in [-0.25, -0.2) is 13.1 Å². The number of rotatable bonds is 8. The van der Waals surface area contributed by atoms with Crippen LogP contribution in [0, 0.1) is 0 Å². The van der Waals surface area contributed by atoms with Crippen molar-refractivity contribution in [3.63, 3.8) is 0 Å². The second-order valence-electron chi connectivity index (χ2n) is 6.24. The number of anilines is 1. The number of Topliss-reactive ketones (excluding diaryl/α,β-unsaturated/α-hetero) is 1. The molecule has 0 aliphatic carbocycles. The molecule has 0 aromatic heterocycles. The maximum atomic E-state index is 12.6. The fourth-order valence-electron chi connectivity index (χ4n) is 2.88. The van der Waals surface area contributed by atoms with Crippen molar-refractivity contribution in [1.29, 1.82) is 0 Å². The van der Waals surface area contributed by atoms with Crippen LogP contribution in [0.5, 0.6) is 0 Å². The van der Waals surface area contributed by atoms with Gasteiger partial charge in [-0.05, 0) is 59.8 Å². The molecule has 8 heteroatoms. The summed E-state index contributed by atoms with van der Waals surface area (Å²) in [4.78, 5) is 24.3. The summed E-state index contributed by atoms with van der Waals surface area (Å²) in [5, 5.41) is 0. The summed E-state index contributed by atoms with van der Waals surface area (Å²) in [5.74, 6) is 0.0560. The van der Waals surface area contributed by atoms with Crippen molar-refractivity contribution in [2.45, 2.75) is 50.8 Å². The third-order valence-corrected chi connectivity index (χ3v) is 6.62. The maximum Gasteiger partial charge on any atom is 0.241 e. The quantitative estimate of drug-likeness (QED) is 0.642. The van der Waals surface area contributed by atoms with Crippen molar-refractivity contribution in [2.75, 3.05) is 18.0 Å². The van der Waals surface area contributed by atoms with Gasteiger partial charge in [0.1, 0.15) is 5.78 Å². The van der Waals surface area contributed by atoms with E-state index in [1.165, 1.54) is 6.92 Å². The third-order valence-electron chi connectivity index (χ3n) is 4.20. The second-order valence-corrected chi connectivity index (χ2v) is 8.83. The number of nitrogens with one attached hydrogen (secondary N) is 1. The van der Waals surface area contributed by atoms with Crippen LogP contribution in [0.3, 0.4) is 0 Å². The van der Waals surface area contributed by atoms with Gasteiger partial charge < -0.3 is 9.69 Å². The van der Waals surface area contributed by atoms with Gasteiger partial charge in [-0.2, -0.15) is 0 Å². The van der Waals surface area contributed by atoms with Crippen molar-refractivity contribution in [1.82, 2.24) is 4.72 Å². The van der Waals surface area contributed by atoms with E-state index in [0.717, 1.165) is 24.8 Å². The number of unbranched alkanes of at least 4 members (excludes halogenated alkanes) is 2. The number of amides is 1. The van der Waals surface area contributed by atoms with Crippen molar-refractivity contribution < 1.29 is 18.0 Å². The Morgan fingerprint density at radius 3 is 2.56 bits per heavy atom. The van der Waals surface area contributed by atoms with E-state index >= 15 is 0 Å².